The number of ketones is 1. The van der Waals surface area contributed by atoms with Crippen molar-refractivity contribution in [2.45, 2.75) is 53.5 Å². The number of nitrogens with one attached hydrogen (secondary N) is 1. The maximum Gasteiger partial charge on any atom is 0.180 e. The Morgan fingerprint density at radius 3 is 2.33 bits per heavy atom. The fourth-order valence-electron chi connectivity index (χ4n) is 2.78. The Labute approximate surface area is 129 Å². The SMILES string of the molecule is CCOc1ccccc1C(=O)CNC(C)(C)CC(C)(C)C. The van der Waals surface area contributed by atoms with Gasteiger partial charge in [0.25, 0.3) is 0 Å². The fourth-order valence-corrected chi connectivity index (χ4v) is 2.78. The molecule has 0 aliphatic heterocycles. The van der Waals surface area contributed by atoms with Gasteiger partial charge in [-0.25, -0.2) is 0 Å². The van der Waals surface area contributed by atoms with E-state index >= 15 is 0 Å². The molecule has 21 heavy (non-hydrogen) atoms. The van der Waals surface area contributed by atoms with Gasteiger partial charge < -0.3 is 10.1 Å². The molecular formula is C18H29NO2. The van der Waals surface area contributed by atoms with Gasteiger partial charge in [0, 0.05) is 5.54 Å². The monoisotopic (exact) mass is 291 g/mol. The van der Waals surface area contributed by atoms with Crippen LogP contribution in [0.4, 0.5) is 0 Å². The highest BCUT2D eigenvalue weighted by Crippen LogP contribution is 2.27. The summed E-state index contributed by atoms with van der Waals surface area (Å²) < 4.78 is 5.52. The number of benzene rings is 1. The molecule has 3 heteroatoms. The molecule has 3 nitrogen and oxygen atoms in total. The normalized spacial score (nSPS) is 12.3. The van der Waals surface area contributed by atoms with E-state index in [0.29, 0.717) is 24.5 Å². The van der Waals surface area contributed by atoms with Gasteiger partial charge in [-0.3, -0.25) is 4.79 Å². The molecule has 0 bridgehead atoms. The summed E-state index contributed by atoms with van der Waals surface area (Å²) >= 11 is 0. The molecule has 0 aromatic heterocycles. The van der Waals surface area contributed by atoms with Crippen LogP contribution in [0.2, 0.25) is 0 Å². The first-order chi connectivity index (χ1) is 9.64. The molecule has 0 radical (unpaired) electrons. The molecule has 0 spiro atoms. The second kappa shape index (κ2) is 7.08. The zero-order valence-corrected chi connectivity index (χ0v) is 14.2. The van der Waals surface area contributed by atoms with Gasteiger partial charge in [-0.1, -0.05) is 32.9 Å². The summed E-state index contributed by atoms with van der Waals surface area (Å²) in [5.41, 5.74) is 0.801. The molecule has 0 saturated carbocycles. The Balaban J connectivity index is 2.70. The van der Waals surface area contributed by atoms with Gasteiger partial charge in [0.05, 0.1) is 18.7 Å². The number of hydrogen-bond acceptors (Lipinski definition) is 3. The summed E-state index contributed by atoms with van der Waals surface area (Å²) in [6, 6.07) is 7.43. The molecule has 1 aromatic rings. The largest absolute Gasteiger partial charge is 0.493 e. The molecule has 0 aliphatic carbocycles. The minimum Gasteiger partial charge on any atom is -0.493 e. The number of Topliss-reactive ketones (excluding diaryl/α,β-unsaturated/α-hetero) is 1. The van der Waals surface area contributed by atoms with Crippen LogP contribution in [-0.2, 0) is 0 Å². The average Bonchev–Trinajstić information content (AvgIpc) is 2.34. The van der Waals surface area contributed by atoms with Crippen LogP contribution >= 0.6 is 0 Å². The smallest absolute Gasteiger partial charge is 0.180 e. The second-order valence-corrected chi connectivity index (χ2v) is 7.33. The second-order valence-electron chi connectivity index (χ2n) is 7.33. The predicted molar refractivity (Wildman–Crippen MR) is 88.1 cm³/mol. The molecule has 0 saturated heterocycles. The van der Waals surface area contributed by atoms with E-state index in [1.54, 1.807) is 0 Å². The Morgan fingerprint density at radius 1 is 1.14 bits per heavy atom. The van der Waals surface area contributed by atoms with Gasteiger partial charge in [0.15, 0.2) is 5.78 Å². The molecule has 0 amide bonds. The predicted octanol–water partition coefficient (Wildman–Crippen LogP) is 4.07. The van der Waals surface area contributed by atoms with Crippen molar-refractivity contribution in [3.05, 3.63) is 29.8 Å². The van der Waals surface area contributed by atoms with Crippen LogP contribution in [0.3, 0.4) is 0 Å². The minimum absolute atomic E-state index is 0.0704. The Morgan fingerprint density at radius 2 is 1.76 bits per heavy atom. The first-order valence-corrected chi connectivity index (χ1v) is 7.65. The van der Waals surface area contributed by atoms with Crippen molar-refractivity contribution in [3.63, 3.8) is 0 Å². The molecule has 118 valence electrons. The zero-order chi connectivity index (χ0) is 16.1. The van der Waals surface area contributed by atoms with E-state index in [4.69, 9.17) is 4.74 Å². The minimum atomic E-state index is -0.0749. The zero-order valence-electron chi connectivity index (χ0n) is 14.2. The first-order valence-electron chi connectivity index (χ1n) is 7.65. The van der Waals surface area contributed by atoms with Crippen LogP contribution in [0.25, 0.3) is 0 Å². The van der Waals surface area contributed by atoms with Crippen LogP contribution in [0.5, 0.6) is 5.75 Å². The summed E-state index contributed by atoms with van der Waals surface area (Å²) in [5, 5.41) is 3.38. The van der Waals surface area contributed by atoms with Gasteiger partial charge in [0.1, 0.15) is 5.75 Å². The Kier molecular flexibility index (Phi) is 5.97. The fraction of sp³-hybridized carbons (Fsp3) is 0.611. The lowest BCUT2D eigenvalue weighted by molar-refractivity contribution is 0.0969. The Hall–Kier alpha value is -1.35. The van der Waals surface area contributed by atoms with Crippen LogP contribution in [0.15, 0.2) is 24.3 Å². The third kappa shape index (κ3) is 6.30. The maximum absolute atomic E-state index is 12.4. The number of para-hydroxylation sites is 1. The van der Waals surface area contributed by atoms with Crippen molar-refractivity contribution in [1.82, 2.24) is 5.32 Å². The highest BCUT2D eigenvalue weighted by Gasteiger charge is 2.26. The number of rotatable bonds is 7. The van der Waals surface area contributed by atoms with Crippen LogP contribution in [0, 0.1) is 5.41 Å². The van der Waals surface area contributed by atoms with Gasteiger partial charge in [0.2, 0.25) is 0 Å². The molecule has 0 aliphatic rings. The van der Waals surface area contributed by atoms with E-state index in [1.165, 1.54) is 0 Å². The van der Waals surface area contributed by atoms with Gasteiger partial charge in [-0.05, 0) is 44.7 Å². The van der Waals surface area contributed by atoms with Crippen LogP contribution in [0.1, 0.15) is 58.3 Å². The van der Waals surface area contributed by atoms with Gasteiger partial charge in [-0.2, -0.15) is 0 Å². The topological polar surface area (TPSA) is 38.3 Å². The van der Waals surface area contributed by atoms with E-state index in [9.17, 15) is 4.79 Å². The summed E-state index contributed by atoms with van der Waals surface area (Å²) in [4.78, 5) is 12.4. The van der Waals surface area contributed by atoms with Gasteiger partial charge in [-0.15, -0.1) is 0 Å². The molecule has 0 heterocycles. The van der Waals surface area contributed by atoms with Crippen molar-refractivity contribution in [2.75, 3.05) is 13.2 Å². The molecule has 1 rings (SSSR count). The van der Waals surface area contributed by atoms with Gasteiger partial charge >= 0.3 is 0 Å². The molecule has 0 atom stereocenters. The van der Waals surface area contributed by atoms with Crippen molar-refractivity contribution < 1.29 is 9.53 Å². The summed E-state index contributed by atoms with van der Waals surface area (Å²) in [5.74, 6) is 0.737. The van der Waals surface area contributed by atoms with Crippen molar-refractivity contribution in [2.24, 2.45) is 5.41 Å². The highest BCUT2D eigenvalue weighted by atomic mass is 16.5. The lowest BCUT2D eigenvalue weighted by Crippen LogP contribution is -2.44. The standard InChI is InChI=1S/C18H29NO2/c1-7-21-16-11-9-8-10-14(16)15(20)12-19-18(5,6)13-17(2,3)4/h8-11,19H,7,12-13H2,1-6H3. The lowest BCUT2D eigenvalue weighted by atomic mass is 9.82. The van der Waals surface area contributed by atoms with E-state index < -0.39 is 0 Å². The quantitative estimate of drug-likeness (QED) is 0.770. The van der Waals surface area contributed by atoms with E-state index in [1.807, 2.05) is 31.2 Å². The number of carbonyl (C=O) groups is 1. The molecular weight excluding hydrogens is 262 g/mol. The van der Waals surface area contributed by atoms with Crippen molar-refractivity contribution in [1.29, 1.82) is 0 Å². The molecule has 1 N–H and O–H groups in total. The summed E-state index contributed by atoms with van der Waals surface area (Å²) in [6.45, 7) is 13.7. The van der Waals surface area contributed by atoms with Crippen LogP contribution in [-0.4, -0.2) is 24.5 Å². The average molecular weight is 291 g/mol. The van der Waals surface area contributed by atoms with E-state index in [-0.39, 0.29) is 16.7 Å². The first kappa shape index (κ1) is 17.7. The van der Waals surface area contributed by atoms with Crippen LogP contribution < -0.4 is 10.1 Å². The van der Waals surface area contributed by atoms with Crippen molar-refractivity contribution >= 4 is 5.78 Å². The molecule has 1 aromatic carbocycles. The number of hydrogen-bond donors (Lipinski definition) is 1. The summed E-state index contributed by atoms with van der Waals surface area (Å²) in [6.07, 6.45) is 1.00. The maximum atomic E-state index is 12.4. The molecule has 0 fully saturated rings. The summed E-state index contributed by atoms with van der Waals surface area (Å²) in [7, 11) is 0. The third-order valence-electron chi connectivity index (χ3n) is 3.19. The molecule has 0 unspecified atom stereocenters. The van der Waals surface area contributed by atoms with E-state index in [2.05, 4.69) is 39.9 Å². The third-order valence-corrected chi connectivity index (χ3v) is 3.19. The number of carbonyl (C=O) groups excluding carboxylic acids is 1. The lowest BCUT2D eigenvalue weighted by Gasteiger charge is -2.33. The highest BCUT2D eigenvalue weighted by molar-refractivity contribution is 6.00. The van der Waals surface area contributed by atoms with E-state index in [0.717, 1.165) is 6.42 Å². The number of ether oxygens (including phenoxy) is 1. The van der Waals surface area contributed by atoms with Crippen molar-refractivity contribution in [3.8, 4) is 5.75 Å². The Bertz CT molecular complexity index is 472.